The Morgan fingerprint density at radius 1 is 1.04 bits per heavy atom. The number of rotatable bonds is 6. The minimum Gasteiger partial charge on any atom is -0.480 e. The van der Waals surface area contributed by atoms with Crippen molar-refractivity contribution in [3.8, 4) is 5.75 Å². The molecule has 0 heterocycles. The van der Waals surface area contributed by atoms with Gasteiger partial charge in [-0.05, 0) is 35.6 Å². The number of fused-ring (bicyclic) bond motifs is 1. The van der Waals surface area contributed by atoms with Crippen molar-refractivity contribution in [1.29, 1.82) is 0 Å². The van der Waals surface area contributed by atoms with Crippen molar-refractivity contribution in [2.24, 2.45) is 0 Å². The number of carbonyl (C=O) groups excluding carboxylic acids is 1. The first kappa shape index (κ1) is 19.7. The molecule has 0 saturated heterocycles. The maximum absolute atomic E-state index is 12.8. The van der Waals surface area contributed by atoms with E-state index in [4.69, 9.17) is 4.74 Å². The summed E-state index contributed by atoms with van der Waals surface area (Å²) >= 11 is 0. The molecule has 3 aromatic carbocycles. The zero-order chi connectivity index (χ0) is 20.1. The normalized spacial score (nSPS) is 12.6. The van der Waals surface area contributed by atoms with Crippen LogP contribution in [0.1, 0.15) is 24.5 Å². The predicted octanol–water partition coefficient (Wildman–Crippen LogP) is 5.33. The number of hydrogen-bond donors (Lipinski definition) is 1. The molecule has 6 heteroatoms. The third-order valence-corrected chi connectivity index (χ3v) is 4.40. The van der Waals surface area contributed by atoms with Crippen molar-refractivity contribution in [3.63, 3.8) is 0 Å². The molecule has 1 N–H and O–H groups in total. The summed E-state index contributed by atoms with van der Waals surface area (Å²) in [6, 6.07) is 18.2. The van der Waals surface area contributed by atoms with E-state index in [1.807, 2.05) is 43.3 Å². The second-order valence-electron chi connectivity index (χ2n) is 6.41. The third-order valence-electron chi connectivity index (χ3n) is 4.40. The molecule has 0 saturated carbocycles. The Hall–Kier alpha value is -3.02. The van der Waals surface area contributed by atoms with Crippen molar-refractivity contribution in [1.82, 2.24) is 5.32 Å². The fourth-order valence-electron chi connectivity index (χ4n) is 2.93. The quantitative estimate of drug-likeness (QED) is 0.621. The molecule has 0 radical (unpaired) electrons. The van der Waals surface area contributed by atoms with Gasteiger partial charge in [0.2, 0.25) is 0 Å². The molecule has 146 valence electrons. The van der Waals surface area contributed by atoms with Gasteiger partial charge in [0, 0.05) is 11.9 Å². The van der Waals surface area contributed by atoms with Crippen LogP contribution in [0.4, 0.5) is 13.2 Å². The number of benzene rings is 3. The lowest BCUT2D eigenvalue weighted by Gasteiger charge is -2.19. The van der Waals surface area contributed by atoms with E-state index in [1.54, 1.807) is 12.1 Å². The monoisotopic (exact) mass is 387 g/mol. The largest absolute Gasteiger partial charge is 0.480 e. The SMILES string of the molecule is CC[C@@H](Oc1cccc2ccccc12)C(=O)NCc1cccc(C(F)(F)F)c1. The Morgan fingerprint density at radius 2 is 1.75 bits per heavy atom. The maximum atomic E-state index is 12.8. The second kappa shape index (κ2) is 8.33. The lowest BCUT2D eigenvalue weighted by Crippen LogP contribution is -2.37. The number of halogens is 3. The first-order chi connectivity index (χ1) is 13.4. The van der Waals surface area contributed by atoms with Crippen LogP contribution in [0.25, 0.3) is 10.8 Å². The molecule has 3 rings (SSSR count). The van der Waals surface area contributed by atoms with Crippen molar-refractivity contribution >= 4 is 16.7 Å². The standard InChI is InChI=1S/C22H20F3NO2/c1-2-19(28-20-12-6-9-16-8-3-4-11-18(16)20)21(27)26-14-15-7-5-10-17(13-15)22(23,24)25/h3-13,19H,2,14H2,1H3,(H,26,27)/t19-/m1/s1. The maximum Gasteiger partial charge on any atom is 0.416 e. The number of nitrogens with one attached hydrogen (secondary N) is 1. The average Bonchev–Trinajstić information content (AvgIpc) is 2.70. The zero-order valence-electron chi connectivity index (χ0n) is 15.3. The number of alkyl halides is 3. The third kappa shape index (κ3) is 4.63. The Labute approximate surface area is 161 Å². The molecule has 1 atom stereocenters. The Balaban J connectivity index is 1.69. The fourth-order valence-corrected chi connectivity index (χ4v) is 2.93. The molecule has 0 aliphatic rings. The number of hydrogen-bond acceptors (Lipinski definition) is 2. The summed E-state index contributed by atoms with van der Waals surface area (Å²) in [7, 11) is 0. The summed E-state index contributed by atoms with van der Waals surface area (Å²) in [6.45, 7) is 1.82. The van der Waals surface area contributed by atoms with Crippen LogP contribution in [0.3, 0.4) is 0 Å². The summed E-state index contributed by atoms with van der Waals surface area (Å²) in [5, 5.41) is 4.56. The van der Waals surface area contributed by atoms with Crippen molar-refractivity contribution < 1.29 is 22.7 Å². The van der Waals surface area contributed by atoms with Gasteiger partial charge in [0.25, 0.3) is 5.91 Å². The van der Waals surface area contributed by atoms with Crippen LogP contribution in [0, 0.1) is 0 Å². The van der Waals surface area contributed by atoms with Gasteiger partial charge in [-0.2, -0.15) is 13.2 Å². The molecular formula is C22H20F3NO2. The zero-order valence-corrected chi connectivity index (χ0v) is 15.3. The van der Waals surface area contributed by atoms with Gasteiger partial charge in [-0.25, -0.2) is 0 Å². The molecule has 3 aromatic rings. The van der Waals surface area contributed by atoms with E-state index in [0.29, 0.717) is 17.7 Å². The Morgan fingerprint density at radius 3 is 2.50 bits per heavy atom. The van der Waals surface area contributed by atoms with Crippen molar-refractivity contribution in [2.75, 3.05) is 0 Å². The lowest BCUT2D eigenvalue weighted by atomic mass is 10.1. The summed E-state index contributed by atoms with van der Waals surface area (Å²) in [6.07, 6.45) is -4.72. The highest BCUT2D eigenvalue weighted by Crippen LogP contribution is 2.29. The van der Waals surface area contributed by atoms with Gasteiger partial charge in [-0.3, -0.25) is 4.79 Å². The first-order valence-corrected chi connectivity index (χ1v) is 8.96. The molecule has 0 unspecified atom stereocenters. The minimum absolute atomic E-state index is 0.00183. The first-order valence-electron chi connectivity index (χ1n) is 8.96. The van der Waals surface area contributed by atoms with Crippen LogP contribution in [-0.2, 0) is 17.5 Å². The molecule has 1 amide bonds. The fraction of sp³-hybridized carbons (Fsp3) is 0.227. The lowest BCUT2D eigenvalue weighted by molar-refractivity contribution is -0.137. The second-order valence-corrected chi connectivity index (χ2v) is 6.41. The molecule has 3 nitrogen and oxygen atoms in total. The van der Waals surface area contributed by atoms with E-state index < -0.39 is 17.8 Å². The summed E-state index contributed by atoms with van der Waals surface area (Å²) < 4.78 is 44.3. The number of ether oxygens (including phenoxy) is 1. The summed E-state index contributed by atoms with van der Waals surface area (Å²) in [4.78, 5) is 12.5. The molecule has 0 fully saturated rings. The molecule has 0 aliphatic carbocycles. The molecule has 0 aliphatic heterocycles. The van der Waals surface area contributed by atoms with Gasteiger partial charge in [0.1, 0.15) is 5.75 Å². The van der Waals surface area contributed by atoms with Gasteiger partial charge in [-0.15, -0.1) is 0 Å². The minimum atomic E-state index is -4.41. The van der Waals surface area contributed by atoms with Crippen molar-refractivity contribution in [3.05, 3.63) is 77.9 Å². The van der Waals surface area contributed by atoms with E-state index in [-0.39, 0.29) is 12.5 Å². The Kier molecular flexibility index (Phi) is 5.87. The highest BCUT2D eigenvalue weighted by atomic mass is 19.4. The van der Waals surface area contributed by atoms with Gasteiger partial charge >= 0.3 is 6.18 Å². The van der Waals surface area contributed by atoms with E-state index in [9.17, 15) is 18.0 Å². The topological polar surface area (TPSA) is 38.3 Å². The Bertz CT molecular complexity index is 964. The molecule has 0 aromatic heterocycles. The van der Waals surface area contributed by atoms with Gasteiger partial charge in [0.05, 0.1) is 5.56 Å². The summed E-state index contributed by atoms with van der Waals surface area (Å²) in [5.41, 5.74) is -0.360. The van der Waals surface area contributed by atoms with E-state index in [2.05, 4.69) is 5.32 Å². The average molecular weight is 387 g/mol. The highest BCUT2D eigenvalue weighted by Gasteiger charge is 2.30. The van der Waals surface area contributed by atoms with E-state index >= 15 is 0 Å². The van der Waals surface area contributed by atoms with Crippen molar-refractivity contribution in [2.45, 2.75) is 32.2 Å². The van der Waals surface area contributed by atoms with Gasteiger partial charge in [-0.1, -0.05) is 55.5 Å². The smallest absolute Gasteiger partial charge is 0.416 e. The molecular weight excluding hydrogens is 367 g/mol. The number of carbonyl (C=O) groups is 1. The van der Waals surface area contributed by atoms with Gasteiger partial charge in [0.15, 0.2) is 6.10 Å². The van der Waals surface area contributed by atoms with E-state index in [0.717, 1.165) is 22.9 Å². The molecule has 0 spiro atoms. The van der Waals surface area contributed by atoms with E-state index in [1.165, 1.54) is 6.07 Å². The highest BCUT2D eigenvalue weighted by molar-refractivity contribution is 5.89. The van der Waals surface area contributed by atoms with Gasteiger partial charge < -0.3 is 10.1 Å². The molecule has 0 bridgehead atoms. The number of amides is 1. The van der Waals surface area contributed by atoms with Crippen LogP contribution in [0.5, 0.6) is 5.75 Å². The van der Waals surface area contributed by atoms with Crippen LogP contribution < -0.4 is 10.1 Å². The van der Waals surface area contributed by atoms with Crippen LogP contribution in [0.2, 0.25) is 0 Å². The predicted molar refractivity (Wildman–Crippen MR) is 102 cm³/mol. The van der Waals surface area contributed by atoms with Crippen LogP contribution in [-0.4, -0.2) is 12.0 Å². The molecule has 28 heavy (non-hydrogen) atoms. The summed E-state index contributed by atoms with van der Waals surface area (Å²) in [5.74, 6) is 0.229. The van der Waals surface area contributed by atoms with Crippen LogP contribution >= 0.6 is 0 Å². The van der Waals surface area contributed by atoms with Crippen LogP contribution in [0.15, 0.2) is 66.7 Å².